The van der Waals surface area contributed by atoms with Crippen LogP contribution in [0.2, 0.25) is 0 Å². The van der Waals surface area contributed by atoms with Gasteiger partial charge in [0.25, 0.3) is 5.91 Å². The quantitative estimate of drug-likeness (QED) is 0.770. The van der Waals surface area contributed by atoms with Crippen LogP contribution in [0, 0.1) is 6.92 Å². The van der Waals surface area contributed by atoms with Gasteiger partial charge >= 0.3 is 0 Å². The van der Waals surface area contributed by atoms with Crippen LogP contribution in [-0.4, -0.2) is 47.8 Å². The maximum absolute atomic E-state index is 12.4. The minimum Gasteiger partial charge on any atom is -0.366 e. The van der Waals surface area contributed by atoms with E-state index < -0.39 is 0 Å². The molecule has 7 nitrogen and oxygen atoms in total. The smallest absolute Gasteiger partial charge is 0.253 e. The number of carbonyl (C=O) groups excluding carboxylic acids is 1. The van der Waals surface area contributed by atoms with Crippen molar-refractivity contribution in [2.24, 2.45) is 10.8 Å². The summed E-state index contributed by atoms with van der Waals surface area (Å²) in [7, 11) is 1.94. The van der Waals surface area contributed by atoms with Gasteiger partial charge in [-0.05, 0) is 30.9 Å². The number of nitrogens with one attached hydrogen (secondary N) is 2. The second-order valence-electron chi connectivity index (χ2n) is 7.42. The fraction of sp³-hybridized carbons (Fsp3) is 0.611. The van der Waals surface area contributed by atoms with Crippen molar-refractivity contribution in [3.8, 4) is 0 Å². The number of hydrogen-bond donors (Lipinski definition) is 3. The normalized spacial score (nSPS) is 28.2. The number of fused-ring (bicyclic) bond motifs is 1. The lowest BCUT2D eigenvalue weighted by Crippen LogP contribution is -2.43. The predicted molar refractivity (Wildman–Crippen MR) is 97.9 cm³/mol. The summed E-state index contributed by atoms with van der Waals surface area (Å²) in [4.78, 5) is 17.3. The average molecular weight is 342 g/mol. The molecule has 1 saturated carbocycles. The van der Waals surface area contributed by atoms with Crippen LogP contribution in [0.15, 0.2) is 5.10 Å². The number of amides is 1. The van der Waals surface area contributed by atoms with Crippen LogP contribution in [0.3, 0.4) is 0 Å². The molecule has 1 fully saturated rings. The number of hydrazone groups is 1. The average Bonchev–Trinajstić information content (AvgIpc) is 3.19. The fourth-order valence-corrected chi connectivity index (χ4v) is 4.13. The monoisotopic (exact) mass is 342 g/mol. The van der Waals surface area contributed by atoms with Crippen LogP contribution >= 0.6 is 0 Å². The Morgan fingerprint density at radius 3 is 2.88 bits per heavy atom. The first kappa shape index (κ1) is 16.3. The third-order valence-electron chi connectivity index (χ3n) is 5.65. The van der Waals surface area contributed by atoms with Crippen molar-refractivity contribution < 1.29 is 4.79 Å². The number of pyridine rings is 1. The van der Waals surface area contributed by atoms with E-state index in [2.05, 4.69) is 15.7 Å². The van der Waals surface area contributed by atoms with Gasteiger partial charge in [-0.25, -0.2) is 4.98 Å². The summed E-state index contributed by atoms with van der Waals surface area (Å²) in [5, 5.41) is 12.7. The van der Waals surface area contributed by atoms with Crippen LogP contribution in [0.1, 0.15) is 58.8 Å². The lowest BCUT2D eigenvalue weighted by atomic mass is 9.90. The van der Waals surface area contributed by atoms with Crippen LogP contribution in [0.25, 0.3) is 0 Å². The van der Waals surface area contributed by atoms with Crippen molar-refractivity contribution in [1.82, 2.24) is 15.3 Å². The molecule has 25 heavy (non-hydrogen) atoms. The molecule has 1 aromatic rings. The highest BCUT2D eigenvalue weighted by Gasteiger charge is 2.33. The highest BCUT2D eigenvalue weighted by Crippen LogP contribution is 2.33. The number of nitrogens with zero attached hydrogens (tertiary/aromatic N) is 3. The van der Waals surface area contributed by atoms with E-state index in [1.165, 1.54) is 12.8 Å². The standard InChI is InChI=1S/C18H26N6O/c1-10-12-8-20-18(25)15(12)16(11-7-21-24(2)9-11)23-17(10)22-14-6-4-3-5-13(14)19/h7,11,13-14H,3-6,8-9,19H2,1-2H3,(H,20,25)(H,22,23)/t11?,13-,14+/m0/s1. The lowest BCUT2D eigenvalue weighted by Gasteiger charge is -2.31. The summed E-state index contributed by atoms with van der Waals surface area (Å²) < 4.78 is 0. The van der Waals surface area contributed by atoms with Gasteiger partial charge in [-0.3, -0.25) is 9.80 Å². The molecule has 3 aliphatic rings. The van der Waals surface area contributed by atoms with Gasteiger partial charge in [0.15, 0.2) is 0 Å². The van der Waals surface area contributed by atoms with E-state index in [4.69, 9.17) is 10.7 Å². The number of aromatic nitrogens is 1. The van der Waals surface area contributed by atoms with E-state index in [9.17, 15) is 4.79 Å². The van der Waals surface area contributed by atoms with E-state index in [0.717, 1.165) is 47.6 Å². The molecule has 0 saturated heterocycles. The molecule has 2 aliphatic heterocycles. The van der Waals surface area contributed by atoms with Crippen molar-refractivity contribution in [1.29, 1.82) is 0 Å². The second kappa shape index (κ2) is 6.29. The summed E-state index contributed by atoms with van der Waals surface area (Å²) in [5.41, 5.74) is 9.99. The molecule has 0 radical (unpaired) electrons. The van der Waals surface area contributed by atoms with E-state index in [0.29, 0.717) is 6.54 Å². The summed E-state index contributed by atoms with van der Waals surface area (Å²) in [6, 6.07) is 0.404. The molecule has 4 N–H and O–H groups in total. The van der Waals surface area contributed by atoms with Gasteiger partial charge in [-0.1, -0.05) is 12.8 Å². The van der Waals surface area contributed by atoms with Gasteiger partial charge in [0.05, 0.1) is 17.2 Å². The molecular formula is C18H26N6O. The second-order valence-corrected chi connectivity index (χ2v) is 7.42. The number of hydrogen-bond acceptors (Lipinski definition) is 6. The number of anilines is 1. The summed E-state index contributed by atoms with van der Waals surface area (Å²) >= 11 is 0. The Morgan fingerprint density at radius 1 is 1.36 bits per heavy atom. The molecule has 3 atom stereocenters. The number of nitrogens with two attached hydrogens (primary N) is 1. The van der Waals surface area contributed by atoms with E-state index in [1.807, 2.05) is 25.2 Å². The Kier molecular flexibility index (Phi) is 4.11. The summed E-state index contributed by atoms with van der Waals surface area (Å²) in [5.74, 6) is 0.892. The molecule has 7 heteroatoms. The Morgan fingerprint density at radius 2 is 2.16 bits per heavy atom. The highest BCUT2D eigenvalue weighted by atomic mass is 16.1. The summed E-state index contributed by atoms with van der Waals surface area (Å²) in [6.45, 7) is 3.36. The SMILES string of the molecule is Cc1c(N[C@@H]2CCCC[C@@H]2N)nc(C2C=NN(C)C2)c2c1CNC2=O. The molecule has 1 aliphatic carbocycles. The van der Waals surface area contributed by atoms with E-state index in [-0.39, 0.29) is 23.9 Å². The first-order valence-electron chi connectivity index (χ1n) is 9.13. The zero-order valence-corrected chi connectivity index (χ0v) is 14.9. The first-order chi connectivity index (χ1) is 12.0. The van der Waals surface area contributed by atoms with Crippen molar-refractivity contribution in [3.63, 3.8) is 0 Å². The number of rotatable bonds is 3. The van der Waals surface area contributed by atoms with Gasteiger partial charge in [0.1, 0.15) is 5.82 Å². The van der Waals surface area contributed by atoms with Crippen molar-refractivity contribution in [2.45, 2.75) is 57.2 Å². The minimum absolute atomic E-state index is 0.0236. The first-order valence-corrected chi connectivity index (χ1v) is 9.13. The Bertz CT molecular complexity index is 731. The maximum Gasteiger partial charge on any atom is 0.253 e. The highest BCUT2D eigenvalue weighted by molar-refractivity contribution is 6.01. The zero-order chi connectivity index (χ0) is 17.6. The Hall–Kier alpha value is -2.15. The molecular weight excluding hydrogens is 316 g/mol. The third-order valence-corrected chi connectivity index (χ3v) is 5.65. The van der Waals surface area contributed by atoms with E-state index in [1.54, 1.807) is 0 Å². The Balaban J connectivity index is 1.72. The number of likely N-dealkylation sites (N-methyl/N-ethyl adjacent to an activating group) is 1. The third kappa shape index (κ3) is 2.86. The molecule has 0 spiro atoms. The van der Waals surface area contributed by atoms with Gasteiger partial charge < -0.3 is 16.4 Å². The maximum atomic E-state index is 12.4. The van der Waals surface area contributed by atoms with Gasteiger partial charge in [-0.2, -0.15) is 5.10 Å². The minimum atomic E-state index is -0.0236. The molecule has 1 amide bonds. The van der Waals surface area contributed by atoms with Gasteiger partial charge in [0.2, 0.25) is 0 Å². The van der Waals surface area contributed by atoms with Crippen molar-refractivity contribution in [2.75, 3.05) is 18.9 Å². The molecule has 0 aromatic carbocycles. The Labute approximate surface area is 148 Å². The molecule has 3 heterocycles. The molecule has 0 bridgehead atoms. The van der Waals surface area contributed by atoms with Crippen LogP contribution < -0.4 is 16.4 Å². The molecule has 134 valence electrons. The lowest BCUT2D eigenvalue weighted by molar-refractivity contribution is 0.0964. The molecule has 1 aromatic heterocycles. The van der Waals surface area contributed by atoms with Gasteiger partial charge in [-0.15, -0.1) is 0 Å². The topological polar surface area (TPSA) is 95.6 Å². The number of carbonyl (C=O) groups is 1. The van der Waals surface area contributed by atoms with Crippen LogP contribution in [0.4, 0.5) is 5.82 Å². The van der Waals surface area contributed by atoms with E-state index >= 15 is 0 Å². The largest absolute Gasteiger partial charge is 0.366 e. The molecule has 4 rings (SSSR count). The van der Waals surface area contributed by atoms with Crippen LogP contribution in [0.5, 0.6) is 0 Å². The predicted octanol–water partition coefficient (Wildman–Crippen LogP) is 1.33. The van der Waals surface area contributed by atoms with Gasteiger partial charge in [0, 0.05) is 38.4 Å². The zero-order valence-electron chi connectivity index (χ0n) is 14.9. The molecule has 1 unspecified atom stereocenters. The van der Waals surface area contributed by atoms with Crippen molar-refractivity contribution in [3.05, 3.63) is 22.4 Å². The summed E-state index contributed by atoms with van der Waals surface area (Å²) in [6.07, 6.45) is 6.40. The van der Waals surface area contributed by atoms with Crippen molar-refractivity contribution >= 4 is 17.9 Å². The van der Waals surface area contributed by atoms with Crippen LogP contribution in [-0.2, 0) is 6.54 Å². The fourth-order valence-electron chi connectivity index (χ4n) is 4.13.